The second kappa shape index (κ2) is 9.84. The monoisotopic (exact) mass is 465 g/mol. The number of nitrogens with zero attached hydrogens (tertiary/aromatic N) is 1. The van der Waals surface area contributed by atoms with Crippen LogP contribution in [0.25, 0.3) is 0 Å². The van der Waals surface area contributed by atoms with Gasteiger partial charge in [0, 0.05) is 12.1 Å². The van der Waals surface area contributed by atoms with Gasteiger partial charge in [-0.05, 0) is 64.3 Å². The fourth-order valence-corrected chi connectivity index (χ4v) is 4.40. The van der Waals surface area contributed by atoms with Gasteiger partial charge in [-0.15, -0.1) is 0 Å². The van der Waals surface area contributed by atoms with Gasteiger partial charge in [-0.1, -0.05) is 0 Å². The SMILES string of the molecule is CC(C)N(C(C)C)S(=O)(=O)OCC(O)CCc1cc(C(F)(F)F)cc(C(F)(F)F)c1. The van der Waals surface area contributed by atoms with Gasteiger partial charge in [-0.2, -0.15) is 39.1 Å². The van der Waals surface area contributed by atoms with Crippen LogP contribution in [0.5, 0.6) is 0 Å². The third-order valence-electron chi connectivity index (χ3n) is 4.10. The van der Waals surface area contributed by atoms with E-state index in [1.54, 1.807) is 27.7 Å². The van der Waals surface area contributed by atoms with E-state index in [4.69, 9.17) is 4.18 Å². The Morgan fingerprint density at radius 2 is 1.37 bits per heavy atom. The number of halogens is 6. The van der Waals surface area contributed by atoms with Gasteiger partial charge in [-0.25, -0.2) is 0 Å². The van der Waals surface area contributed by atoms with Crippen molar-refractivity contribution in [1.29, 1.82) is 0 Å². The number of benzene rings is 1. The van der Waals surface area contributed by atoms with Crippen molar-refractivity contribution >= 4 is 10.3 Å². The lowest BCUT2D eigenvalue weighted by Crippen LogP contribution is -2.43. The second-order valence-electron chi connectivity index (χ2n) is 7.37. The van der Waals surface area contributed by atoms with E-state index in [1.807, 2.05) is 0 Å². The molecule has 0 fully saturated rings. The summed E-state index contributed by atoms with van der Waals surface area (Å²) in [7, 11) is -4.18. The summed E-state index contributed by atoms with van der Waals surface area (Å²) >= 11 is 0. The van der Waals surface area contributed by atoms with Gasteiger partial charge in [0.05, 0.1) is 23.8 Å². The van der Waals surface area contributed by atoms with Gasteiger partial charge >= 0.3 is 22.7 Å². The Balaban J connectivity index is 2.87. The molecule has 0 spiro atoms. The Labute approximate surface area is 171 Å². The van der Waals surface area contributed by atoms with Crippen LogP contribution in [-0.2, 0) is 33.3 Å². The Morgan fingerprint density at radius 1 is 0.933 bits per heavy atom. The minimum Gasteiger partial charge on any atom is -0.391 e. The van der Waals surface area contributed by atoms with Crippen LogP contribution in [0.1, 0.15) is 50.8 Å². The van der Waals surface area contributed by atoms with Crippen LogP contribution in [0.2, 0.25) is 0 Å². The molecular formula is C18H25F6NO4S. The molecule has 0 bridgehead atoms. The lowest BCUT2D eigenvalue weighted by atomic mass is 10.0. The Hall–Kier alpha value is -1.37. The zero-order valence-electron chi connectivity index (χ0n) is 16.9. The standard InChI is InChI=1S/C18H25F6NO4S/c1-11(2)25(12(3)4)30(27,28)29-10-16(26)6-5-13-7-14(17(19,20)21)9-15(8-13)18(22,23)24/h7-9,11-12,16,26H,5-6,10H2,1-4H3. The molecule has 30 heavy (non-hydrogen) atoms. The summed E-state index contributed by atoms with van der Waals surface area (Å²) in [4.78, 5) is 0. The molecular weight excluding hydrogens is 440 g/mol. The number of aliphatic hydroxyl groups excluding tert-OH is 1. The maximum Gasteiger partial charge on any atom is 0.416 e. The maximum atomic E-state index is 12.9. The molecule has 1 aromatic carbocycles. The quantitative estimate of drug-likeness (QED) is 0.549. The van der Waals surface area contributed by atoms with Crippen LogP contribution >= 0.6 is 0 Å². The predicted molar refractivity (Wildman–Crippen MR) is 97.8 cm³/mol. The molecule has 0 aliphatic carbocycles. The Kier molecular flexibility index (Phi) is 8.74. The molecule has 0 radical (unpaired) electrons. The molecule has 0 aliphatic rings. The minimum atomic E-state index is -4.97. The van der Waals surface area contributed by atoms with Crippen molar-refractivity contribution in [1.82, 2.24) is 4.31 Å². The highest BCUT2D eigenvalue weighted by atomic mass is 32.2. The smallest absolute Gasteiger partial charge is 0.391 e. The fraction of sp³-hybridized carbons (Fsp3) is 0.667. The van der Waals surface area contributed by atoms with E-state index in [0.717, 1.165) is 4.31 Å². The number of alkyl halides is 6. The van der Waals surface area contributed by atoms with Crippen LogP contribution < -0.4 is 0 Å². The summed E-state index contributed by atoms with van der Waals surface area (Å²) < 4.78 is 108. The highest BCUT2D eigenvalue weighted by molar-refractivity contribution is 7.84. The molecule has 0 heterocycles. The fourth-order valence-electron chi connectivity index (χ4n) is 2.92. The normalized spacial score (nSPS) is 14.7. The van der Waals surface area contributed by atoms with Crippen molar-refractivity contribution in [3.8, 4) is 0 Å². The molecule has 1 atom stereocenters. The zero-order chi connectivity index (χ0) is 23.5. The number of hydrogen-bond donors (Lipinski definition) is 1. The molecule has 0 aliphatic heterocycles. The van der Waals surface area contributed by atoms with Crippen LogP contribution in [0.15, 0.2) is 18.2 Å². The molecule has 0 amide bonds. The van der Waals surface area contributed by atoms with E-state index < -0.39 is 58.6 Å². The molecule has 0 saturated heterocycles. The summed E-state index contributed by atoms with van der Waals surface area (Å²) in [5.74, 6) is 0. The van der Waals surface area contributed by atoms with E-state index in [9.17, 15) is 39.9 Å². The third-order valence-corrected chi connectivity index (χ3v) is 5.89. The minimum absolute atomic E-state index is 0.0159. The van der Waals surface area contributed by atoms with Crippen LogP contribution in [0.3, 0.4) is 0 Å². The maximum absolute atomic E-state index is 12.9. The zero-order valence-corrected chi connectivity index (χ0v) is 17.7. The molecule has 1 unspecified atom stereocenters. The largest absolute Gasteiger partial charge is 0.416 e. The van der Waals surface area contributed by atoms with E-state index in [0.29, 0.717) is 12.1 Å². The van der Waals surface area contributed by atoms with Crippen LogP contribution in [-0.4, -0.2) is 42.6 Å². The summed E-state index contributed by atoms with van der Waals surface area (Å²) in [5.41, 5.74) is -3.19. The lowest BCUT2D eigenvalue weighted by Gasteiger charge is -2.29. The highest BCUT2D eigenvalue weighted by Crippen LogP contribution is 2.36. The van der Waals surface area contributed by atoms with E-state index in [1.165, 1.54) is 0 Å². The van der Waals surface area contributed by atoms with Crippen LogP contribution in [0, 0.1) is 0 Å². The van der Waals surface area contributed by atoms with E-state index >= 15 is 0 Å². The molecule has 5 nitrogen and oxygen atoms in total. The topological polar surface area (TPSA) is 66.8 Å². The molecule has 174 valence electrons. The van der Waals surface area contributed by atoms with Crippen molar-refractivity contribution in [3.05, 3.63) is 34.9 Å². The molecule has 0 saturated carbocycles. The number of aliphatic hydroxyl groups is 1. The first kappa shape index (κ1) is 26.7. The van der Waals surface area contributed by atoms with E-state index in [2.05, 4.69) is 0 Å². The molecule has 1 rings (SSSR count). The van der Waals surface area contributed by atoms with Gasteiger partial charge < -0.3 is 5.11 Å². The average molecular weight is 465 g/mol. The number of aryl methyl sites for hydroxylation is 1. The summed E-state index contributed by atoms with van der Waals surface area (Å²) in [6.45, 7) is 5.84. The summed E-state index contributed by atoms with van der Waals surface area (Å²) in [5, 5.41) is 9.94. The van der Waals surface area contributed by atoms with Gasteiger partial charge in [0.15, 0.2) is 0 Å². The molecule has 1 N–H and O–H groups in total. The van der Waals surface area contributed by atoms with Crippen molar-refractivity contribution in [2.45, 2.75) is 71.1 Å². The van der Waals surface area contributed by atoms with Gasteiger partial charge in [0.25, 0.3) is 0 Å². The number of hydrogen-bond acceptors (Lipinski definition) is 4. The van der Waals surface area contributed by atoms with Gasteiger partial charge in [-0.3, -0.25) is 4.18 Å². The molecule has 0 aromatic heterocycles. The average Bonchev–Trinajstić information content (AvgIpc) is 2.55. The van der Waals surface area contributed by atoms with Crippen molar-refractivity contribution in [2.75, 3.05) is 6.61 Å². The van der Waals surface area contributed by atoms with Crippen LogP contribution in [0.4, 0.5) is 26.3 Å². The van der Waals surface area contributed by atoms with E-state index in [-0.39, 0.29) is 24.5 Å². The lowest BCUT2D eigenvalue weighted by molar-refractivity contribution is -0.143. The molecule has 12 heteroatoms. The van der Waals surface area contributed by atoms with Crippen molar-refractivity contribution in [2.24, 2.45) is 0 Å². The first-order valence-corrected chi connectivity index (χ1v) is 10.5. The van der Waals surface area contributed by atoms with Gasteiger partial charge in [0.1, 0.15) is 0 Å². The first-order valence-electron chi connectivity index (χ1n) is 9.09. The Morgan fingerprint density at radius 3 is 1.73 bits per heavy atom. The Bertz CT molecular complexity index is 766. The van der Waals surface area contributed by atoms with Crippen molar-refractivity contribution < 1.29 is 44.0 Å². The first-order chi connectivity index (χ1) is 13.4. The van der Waals surface area contributed by atoms with Gasteiger partial charge in [0.2, 0.25) is 0 Å². The highest BCUT2D eigenvalue weighted by Gasteiger charge is 2.37. The second-order valence-corrected chi connectivity index (χ2v) is 8.88. The summed E-state index contributed by atoms with van der Waals surface area (Å²) in [6, 6.07) is 0.315. The third kappa shape index (κ3) is 7.71. The molecule has 1 aromatic rings. The predicted octanol–water partition coefficient (Wildman–Crippen LogP) is 4.40. The number of rotatable bonds is 9. The summed E-state index contributed by atoms with van der Waals surface area (Å²) in [6.07, 6.45) is -12.0. The van der Waals surface area contributed by atoms with Crippen molar-refractivity contribution in [3.63, 3.8) is 0 Å².